The third-order valence-electron chi connectivity index (χ3n) is 5.40. The molecule has 2 aliphatic rings. The van der Waals surface area contributed by atoms with Crippen molar-refractivity contribution in [3.63, 3.8) is 0 Å². The Kier molecular flexibility index (Phi) is 7.72. The lowest BCUT2D eigenvalue weighted by molar-refractivity contribution is -0.146. The van der Waals surface area contributed by atoms with Crippen LogP contribution in [-0.4, -0.2) is 37.0 Å². The topological polar surface area (TPSA) is 65.0 Å². The molecular weight excluding hydrogens is 344 g/mol. The second-order valence-corrected chi connectivity index (χ2v) is 7.29. The monoisotopic (exact) mass is 374 g/mol. The van der Waals surface area contributed by atoms with Gasteiger partial charge in [-0.15, -0.1) is 0 Å². The minimum absolute atomic E-state index is 0.0625. The lowest BCUT2D eigenvalue weighted by Gasteiger charge is -2.29. The molecule has 0 aromatic heterocycles. The summed E-state index contributed by atoms with van der Waals surface area (Å²) >= 11 is 0. The Morgan fingerprint density at radius 2 is 2.04 bits per heavy atom. The van der Waals surface area contributed by atoms with Crippen LogP contribution in [0.4, 0.5) is 0 Å². The van der Waals surface area contributed by atoms with E-state index in [4.69, 9.17) is 14.2 Å². The number of para-hydroxylation sites is 1. The van der Waals surface area contributed by atoms with E-state index < -0.39 is 6.10 Å². The second kappa shape index (κ2) is 10.5. The summed E-state index contributed by atoms with van der Waals surface area (Å²) in [5, 5.41) is 10.3. The number of hydrogen-bond donors (Lipinski definition) is 1. The van der Waals surface area contributed by atoms with Crippen molar-refractivity contribution in [1.82, 2.24) is 0 Å². The Bertz CT molecular complexity index is 594. The summed E-state index contributed by atoms with van der Waals surface area (Å²) < 4.78 is 17.7. The van der Waals surface area contributed by atoms with Gasteiger partial charge in [-0.3, -0.25) is 0 Å². The molecule has 3 rings (SSSR count). The first-order valence-corrected chi connectivity index (χ1v) is 10.1. The normalized spacial score (nSPS) is 28.7. The summed E-state index contributed by atoms with van der Waals surface area (Å²) in [4.78, 5) is 11.1. The number of allylic oxidation sites excluding steroid dienone is 1. The van der Waals surface area contributed by atoms with Crippen LogP contribution in [0.3, 0.4) is 0 Å². The number of aldehydes is 1. The van der Waals surface area contributed by atoms with E-state index in [0.29, 0.717) is 25.9 Å². The first-order valence-electron chi connectivity index (χ1n) is 10.1. The molecule has 5 heteroatoms. The smallest absolute Gasteiger partial charge is 0.199 e. The molecule has 1 saturated heterocycles. The van der Waals surface area contributed by atoms with Gasteiger partial charge < -0.3 is 24.1 Å². The Balaban J connectivity index is 1.63. The van der Waals surface area contributed by atoms with Crippen molar-refractivity contribution < 1.29 is 24.1 Å². The van der Waals surface area contributed by atoms with Gasteiger partial charge in [-0.1, -0.05) is 18.2 Å². The molecule has 27 heavy (non-hydrogen) atoms. The second-order valence-electron chi connectivity index (χ2n) is 7.29. The van der Waals surface area contributed by atoms with E-state index in [1.165, 1.54) is 0 Å². The van der Waals surface area contributed by atoms with Gasteiger partial charge in [0, 0.05) is 31.1 Å². The average Bonchev–Trinajstić information content (AvgIpc) is 3.07. The number of carbonyl (C=O) groups is 1. The number of aliphatic hydroxyl groups is 1. The fourth-order valence-corrected chi connectivity index (χ4v) is 3.97. The molecule has 4 atom stereocenters. The zero-order chi connectivity index (χ0) is 18.9. The molecule has 1 aromatic rings. The van der Waals surface area contributed by atoms with Crippen molar-refractivity contribution in [2.24, 2.45) is 11.8 Å². The highest BCUT2D eigenvalue weighted by atomic mass is 16.7. The number of rotatable bonds is 9. The highest BCUT2D eigenvalue weighted by Crippen LogP contribution is 2.40. The SMILES string of the molecule is O=CC[C@@H]1[C@H](O)CC[C@H]1C(=CCCOc1ccccc1)OC1CCCCO1. The lowest BCUT2D eigenvalue weighted by atomic mass is 9.90. The first-order chi connectivity index (χ1) is 13.3. The van der Waals surface area contributed by atoms with Crippen LogP contribution >= 0.6 is 0 Å². The van der Waals surface area contributed by atoms with Crippen molar-refractivity contribution in [2.75, 3.05) is 13.2 Å². The summed E-state index contributed by atoms with van der Waals surface area (Å²) in [6.45, 7) is 1.27. The van der Waals surface area contributed by atoms with Crippen LogP contribution in [0.1, 0.15) is 44.9 Å². The predicted octanol–water partition coefficient (Wildman–Crippen LogP) is 3.86. The Labute approximate surface area is 161 Å². The van der Waals surface area contributed by atoms with Crippen molar-refractivity contribution in [3.8, 4) is 5.75 Å². The third kappa shape index (κ3) is 5.81. The first kappa shape index (κ1) is 19.9. The summed E-state index contributed by atoms with van der Waals surface area (Å²) in [7, 11) is 0. The van der Waals surface area contributed by atoms with E-state index in [2.05, 4.69) is 6.08 Å². The molecule has 1 aromatic carbocycles. The highest BCUT2D eigenvalue weighted by molar-refractivity contribution is 5.50. The van der Waals surface area contributed by atoms with E-state index >= 15 is 0 Å². The van der Waals surface area contributed by atoms with Crippen molar-refractivity contribution in [2.45, 2.75) is 57.3 Å². The lowest BCUT2D eigenvalue weighted by Crippen LogP contribution is -2.27. The maximum atomic E-state index is 11.1. The molecule has 1 unspecified atom stereocenters. The Morgan fingerprint density at radius 1 is 1.19 bits per heavy atom. The third-order valence-corrected chi connectivity index (χ3v) is 5.40. The van der Waals surface area contributed by atoms with Crippen LogP contribution in [0.2, 0.25) is 0 Å². The Morgan fingerprint density at radius 3 is 2.78 bits per heavy atom. The fourth-order valence-electron chi connectivity index (χ4n) is 3.97. The molecule has 1 N–H and O–H groups in total. The minimum atomic E-state index is -0.444. The molecule has 5 nitrogen and oxygen atoms in total. The maximum absolute atomic E-state index is 11.1. The van der Waals surface area contributed by atoms with Crippen molar-refractivity contribution in [1.29, 1.82) is 0 Å². The van der Waals surface area contributed by atoms with Crippen molar-refractivity contribution >= 4 is 6.29 Å². The van der Waals surface area contributed by atoms with E-state index in [1.807, 2.05) is 30.3 Å². The van der Waals surface area contributed by atoms with Crippen LogP contribution in [0.15, 0.2) is 42.2 Å². The maximum Gasteiger partial charge on any atom is 0.199 e. The predicted molar refractivity (Wildman–Crippen MR) is 102 cm³/mol. The van der Waals surface area contributed by atoms with Gasteiger partial charge in [0.05, 0.1) is 25.1 Å². The zero-order valence-corrected chi connectivity index (χ0v) is 15.8. The van der Waals surface area contributed by atoms with Gasteiger partial charge in [0.1, 0.15) is 12.0 Å². The van der Waals surface area contributed by atoms with Crippen molar-refractivity contribution in [3.05, 3.63) is 42.2 Å². The standard InChI is InChI=1S/C22H30O5/c23-14-13-18-19(11-12-20(18)24)21(27-22-10-4-5-15-26-22)9-6-16-25-17-7-2-1-3-8-17/h1-3,7-9,14,18-20,22,24H,4-6,10-13,15-16H2/t18-,19+,20+,22?/m0/s1. The molecule has 148 valence electrons. The molecule has 1 aliphatic carbocycles. The van der Waals surface area contributed by atoms with Crippen LogP contribution in [0, 0.1) is 11.8 Å². The number of hydrogen-bond acceptors (Lipinski definition) is 5. The number of aliphatic hydroxyl groups excluding tert-OH is 1. The van der Waals surface area contributed by atoms with Crippen LogP contribution in [-0.2, 0) is 14.3 Å². The van der Waals surface area contributed by atoms with Crippen LogP contribution in [0.5, 0.6) is 5.75 Å². The van der Waals surface area contributed by atoms with Gasteiger partial charge in [0.25, 0.3) is 0 Å². The molecule has 0 amide bonds. The van der Waals surface area contributed by atoms with Gasteiger partial charge in [-0.25, -0.2) is 0 Å². The zero-order valence-electron chi connectivity index (χ0n) is 15.8. The number of benzene rings is 1. The summed E-state index contributed by atoms with van der Waals surface area (Å²) in [5.41, 5.74) is 0. The number of carbonyl (C=O) groups excluding carboxylic acids is 1. The Hall–Kier alpha value is -1.85. The van der Waals surface area contributed by atoms with E-state index in [9.17, 15) is 9.90 Å². The average molecular weight is 374 g/mol. The largest absolute Gasteiger partial charge is 0.493 e. The fraction of sp³-hybridized carbons (Fsp3) is 0.591. The molecule has 0 bridgehead atoms. The van der Waals surface area contributed by atoms with E-state index in [0.717, 1.165) is 50.1 Å². The molecule has 1 heterocycles. The van der Waals surface area contributed by atoms with E-state index in [1.54, 1.807) is 0 Å². The summed E-state index contributed by atoms with van der Waals surface area (Å²) in [5.74, 6) is 1.68. The van der Waals surface area contributed by atoms with Gasteiger partial charge in [0.2, 0.25) is 0 Å². The van der Waals surface area contributed by atoms with Crippen LogP contribution < -0.4 is 4.74 Å². The van der Waals surface area contributed by atoms with Gasteiger partial charge in [0.15, 0.2) is 6.29 Å². The number of ether oxygens (including phenoxy) is 3. The molecule has 1 saturated carbocycles. The van der Waals surface area contributed by atoms with E-state index in [-0.39, 0.29) is 18.1 Å². The quantitative estimate of drug-likeness (QED) is 0.404. The minimum Gasteiger partial charge on any atom is -0.493 e. The molecule has 1 aliphatic heterocycles. The molecular formula is C22H30O5. The molecule has 0 spiro atoms. The molecule has 0 radical (unpaired) electrons. The van der Waals surface area contributed by atoms with Gasteiger partial charge >= 0.3 is 0 Å². The summed E-state index contributed by atoms with van der Waals surface area (Å²) in [6.07, 6.45) is 7.94. The molecule has 2 fully saturated rings. The van der Waals surface area contributed by atoms with Gasteiger partial charge in [-0.05, 0) is 43.9 Å². The van der Waals surface area contributed by atoms with Gasteiger partial charge in [-0.2, -0.15) is 0 Å². The summed E-state index contributed by atoms with van der Waals surface area (Å²) in [6, 6.07) is 9.73. The van der Waals surface area contributed by atoms with Crippen LogP contribution in [0.25, 0.3) is 0 Å². The highest BCUT2D eigenvalue weighted by Gasteiger charge is 2.38.